The molecule has 0 aliphatic heterocycles. The van der Waals surface area contributed by atoms with E-state index in [1.807, 2.05) is 30.3 Å². The quantitative estimate of drug-likeness (QED) is 0.554. The maximum absolute atomic E-state index is 12.5. The Morgan fingerprint density at radius 3 is 2.30 bits per heavy atom. The molecule has 0 amide bonds. The van der Waals surface area contributed by atoms with Gasteiger partial charge in [0.25, 0.3) is 5.56 Å². The molecule has 1 fully saturated rings. The molecule has 0 bridgehead atoms. The Hall–Kier alpha value is -3.11. The largest absolute Gasteiger partial charge is 0.463 e. The maximum atomic E-state index is 12.5. The van der Waals surface area contributed by atoms with Crippen LogP contribution in [0.5, 0.6) is 0 Å². The van der Waals surface area contributed by atoms with Crippen molar-refractivity contribution in [3.63, 3.8) is 0 Å². The molecule has 2 aromatic carbocycles. The van der Waals surface area contributed by atoms with Gasteiger partial charge >= 0.3 is 0 Å². The van der Waals surface area contributed by atoms with Crippen LogP contribution in [0.25, 0.3) is 33.2 Å². The van der Waals surface area contributed by atoms with Gasteiger partial charge in [-0.1, -0.05) is 54.6 Å². The SMILES string of the molecule is NC1(c2ccc(-c3c[nH]c(=O)c4c(-c5ccccc5)coc34)cc2)CCC1. The molecule has 2 aromatic heterocycles. The van der Waals surface area contributed by atoms with Crippen LogP contribution in [0.3, 0.4) is 0 Å². The van der Waals surface area contributed by atoms with Gasteiger partial charge in [0.15, 0.2) is 0 Å². The first-order valence-electron chi connectivity index (χ1n) is 9.24. The molecule has 0 atom stereocenters. The van der Waals surface area contributed by atoms with Crippen LogP contribution in [0.4, 0.5) is 0 Å². The second kappa shape index (κ2) is 5.96. The average molecular weight is 356 g/mol. The van der Waals surface area contributed by atoms with Gasteiger partial charge in [0.1, 0.15) is 5.58 Å². The van der Waals surface area contributed by atoms with Crippen molar-refractivity contribution >= 4 is 11.0 Å². The predicted octanol–water partition coefficient (Wildman–Crippen LogP) is 4.79. The molecule has 3 N–H and O–H groups in total. The number of nitrogens with two attached hydrogens (primary N) is 1. The van der Waals surface area contributed by atoms with Gasteiger partial charge in [0, 0.05) is 22.9 Å². The van der Waals surface area contributed by atoms with E-state index >= 15 is 0 Å². The standard InChI is InChI=1S/C23H20N2O2/c24-23(11-4-12-23)17-9-7-16(8-10-17)18-13-25-22(26)20-19(14-27-21(18)20)15-5-2-1-3-6-15/h1-3,5-10,13-14H,4,11-12,24H2,(H,25,26). The highest BCUT2D eigenvalue weighted by atomic mass is 16.3. The zero-order valence-corrected chi connectivity index (χ0v) is 14.9. The summed E-state index contributed by atoms with van der Waals surface area (Å²) in [5.74, 6) is 0. The maximum Gasteiger partial charge on any atom is 0.259 e. The van der Waals surface area contributed by atoms with E-state index in [1.54, 1.807) is 12.5 Å². The minimum atomic E-state index is -0.177. The lowest BCUT2D eigenvalue weighted by molar-refractivity contribution is 0.253. The lowest BCUT2D eigenvalue weighted by Crippen LogP contribution is -2.43. The summed E-state index contributed by atoms with van der Waals surface area (Å²) in [5, 5.41) is 0.581. The van der Waals surface area contributed by atoms with E-state index in [9.17, 15) is 4.79 Å². The topological polar surface area (TPSA) is 72.0 Å². The van der Waals surface area contributed by atoms with E-state index in [-0.39, 0.29) is 11.1 Å². The molecule has 4 nitrogen and oxygen atoms in total. The molecule has 0 unspecified atom stereocenters. The van der Waals surface area contributed by atoms with Gasteiger partial charge < -0.3 is 15.1 Å². The van der Waals surface area contributed by atoms with Gasteiger partial charge in [-0.2, -0.15) is 0 Å². The van der Waals surface area contributed by atoms with Crippen LogP contribution < -0.4 is 11.3 Å². The van der Waals surface area contributed by atoms with Crippen molar-refractivity contribution in [3.8, 4) is 22.3 Å². The number of hydrogen-bond donors (Lipinski definition) is 2. The molecule has 0 radical (unpaired) electrons. The molecule has 0 spiro atoms. The van der Waals surface area contributed by atoms with Crippen molar-refractivity contribution in [3.05, 3.63) is 83.0 Å². The van der Waals surface area contributed by atoms with Gasteiger partial charge in [-0.05, 0) is 36.0 Å². The molecule has 4 aromatic rings. The summed E-state index contributed by atoms with van der Waals surface area (Å²) in [5.41, 5.74) is 11.5. The predicted molar refractivity (Wildman–Crippen MR) is 107 cm³/mol. The first-order valence-corrected chi connectivity index (χ1v) is 9.24. The van der Waals surface area contributed by atoms with Crippen molar-refractivity contribution < 1.29 is 4.42 Å². The monoisotopic (exact) mass is 356 g/mol. The van der Waals surface area contributed by atoms with Crippen LogP contribution in [-0.2, 0) is 5.54 Å². The third kappa shape index (κ3) is 2.53. The van der Waals surface area contributed by atoms with E-state index in [4.69, 9.17) is 10.2 Å². The van der Waals surface area contributed by atoms with Crippen molar-refractivity contribution in [2.24, 2.45) is 5.73 Å². The molecular formula is C23H20N2O2. The number of benzene rings is 2. The number of pyridine rings is 1. The molecule has 1 saturated carbocycles. The molecule has 27 heavy (non-hydrogen) atoms. The summed E-state index contributed by atoms with van der Waals surface area (Å²) in [6.45, 7) is 0. The summed E-state index contributed by atoms with van der Waals surface area (Å²) in [6.07, 6.45) is 6.64. The third-order valence-electron chi connectivity index (χ3n) is 5.71. The van der Waals surface area contributed by atoms with Gasteiger partial charge in [0.05, 0.1) is 11.6 Å². The van der Waals surface area contributed by atoms with Crippen molar-refractivity contribution in [2.75, 3.05) is 0 Å². The Bertz CT molecular complexity index is 1170. The third-order valence-corrected chi connectivity index (χ3v) is 5.71. The van der Waals surface area contributed by atoms with Crippen LogP contribution in [-0.4, -0.2) is 4.98 Å². The molecule has 4 heteroatoms. The summed E-state index contributed by atoms with van der Waals surface area (Å²) in [6, 6.07) is 18.1. The molecule has 0 saturated heterocycles. The zero-order valence-electron chi connectivity index (χ0n) is 14.9. The fourth-order valence-corrected chi connectivity index (χ4v) is 3.93. The van der Waals surface area contributed by atoms with E-state index < -0.39 is 0 Å². The first-order chi connectivity index (χ1) is 13.2. The minimum Gasteiger partial charge on any atom is -0.463 e. The van der Waals surface area contributed by atoms with Crippen LogP contribution in [0.15, 0.2) is 76.3 Å². The molecular weight excluding hydrogens is 336 g/mol. The van der Waals surface area contributed by atoms with Crippen LogP contribution in [0, 0.1) is 0 Å². The summed E-state index contributed by atoms with van der Waals surface area (Å²) in [7, 11) is 0. The van der Waals surface area contributed by atoms with Gasteiger partial charge in [-0.25, -0.2) is 0 Å². The Labute approximate surface area is 156 Å². The second-order valence-electron chi connectivity index (χ2n) is 7.34. The number of aromatic nitrogens is 1. The van der Waals surface area contributed by atoms with Crippen molar-refractivity contribution in [1.29, 1.82) is 0 Å². The molecule has 1 aliphatic rings. The number of furan rings is 1. The summed E-state index contributed by atoms with van der Waals surface area (Å²) >= 11 is 0. The number of nitrogens with one attached hydrogen (secondary N) is 1. The lowest BCUT2D eigenvalue weighted by atomic mass is 9.72. The number of rotatable bonds is 3. The lowest BCUT2D eigenvalue weighted by Gasteiger charge is -2.38. The van der Waals surface area contributed by atoms with Gasteiger partial charge in [-0.15, -0.1) is 0 Å². The minimum absolute atomic E-state index is 0.145. The van der Waals surface area contributed by atoms with E-state index in [0.717, 1.165) is 35.1 Å². The van der Waals surface area contributed by atoms with Crippen LogP contribution >= 0.6 is 0 Å². The summed E-state index contributed by atoms with van der Waals surface area (Å²) in [4.78, 5) is 15.4. The fraction of sp³-hybridized carbons (Fsp3) is 0.174. The smallest absolute Gasteiger partial charge is 0.259 e. The second-order valence-corrected chi connectivity index (χ2v) is 7.34. The Balaban J connectivity index is 1.63. The highest BCUT2D eigenvalue weighted by Gasteiger charge is 2.34. The normalized spacial score (nSPS) is 15.6. The number of hydrogen-bond acceptors (Lipinski definition) is 3. The number of fused-ring (bicyclic) bond motifs is 1. The zero-order chi connectivity index (χ0) is 18.4. The average Bonchev–Trinajstić information content (AvgIpc) is 3.13. The molecule has 134 valence electrons. The number of H-pyrrole nitrogens is 1. The first kappa shape index (κ1) is 16.1. The highest BCUT2D eigenvalue weighted by Crippen LogP contribution is 2.40. The van der Waals surface area contributed by atoms with E-state index in [2.05, 4.69) is 29.2 Å². The van der Waals surface area contributed by atoms with Crippen molar-refractivity contribution in [2.45, 2.75) is 24.8 Å². The Kier molecular flexibility index (Phi) is 3.55. The number of aromatic amines is 1. The molecule has 1 aliphatic carbocycles. The fourth-order valence-electron chi connectivity index (χ4n) is 3.93. The summed E-state index contributed by atoms with van der Waals surface area (Å²) < 4.78 is 5.86. The van der Waals surface area contributed by atoms with Gasteiger partial charge in [0.2, 0.25) is 0 Å². The van der Waals surface area contributed by atoms with Crippen LogP contribution in [0.2, 0.25) is 0 Å². The van der Waals surface area contributed by atoms with Gasteiger partial charge in [-0.3, -0.25) is 4.79 Å². The Morgan fingerprint density at radius 2 is 1.63 bits per heavy atom. The van der Waals surface area contributed by atoms with Crippen molar-refractivity contribution in [1.82, 2.24) is 4.98 Å². The van der Waals surface area contributed by atoms with E-state index in [1.165, 1.54) is 12.0 Å². The molecule has 5 rings (SSSR count). The highest BCUT2D eigenvalue weighted by molar-refractivity contribution is 6.00. The van der Waals surface area contributed by atoms with E-state index in [0.29, 0.717) is 11.0 Å². The molecule has 2 heterocycles. The Morgan fingerprint density at radius 1 is 0.926 bits per heavy atom. The van der Waals surface area contributed by atoms with Crippen LogP contribution in [0.1, 0.15) is 24.8 Å².